The van der Waals surface area contributed by atoms with Crippen LogP contribution in [0.15, 0.2) is 0 Å². The van der Waals surface area contributed by atoms with E-state index in [1.54, 1.807) is 0 Å². The third-order valence-electron chi connectivity index (χ3n) is 3.37. The van der Waals surface area contributed by atoms with Gasteiger partial charge in [0.15, 0.2) is 0 Å². The Balaban J connectivity index is 2.20. The Morgan fingerprint density at radius 3 is 2.65 bits per heavy atom. The molecule has 17 heavy (non-hydrogen) atoms. The molecule has 2 N–H and O–H groups in total. The van der Waals surface area contributed by atoms with Crippen molar-refractivity contribution in [3.63, 3.8) is 0 Å². The van der Waals surface area contributed by atoms with Crippen molar-refractivity contribution in [2.75, 3.05) is 24.7 Å². The van der Waals surface area contributed by atoms with E-state index in [1.165, 1.54) is 24.3 Å². The molecule has 3 nitrogen and oxygen atoms in total. The van der Waals surface area contributed by atoms with Gasteiger partial charge in [-0.2, -0.15) is 11.8 Å². The van der Waals surface area contributed by atoms with Crippen LogP contribution in [0.3, 0.4) is 0 Å². The fraction of sp³-hybridized carbons (Fsp3) is 0.923. The summed E-state index contributed by atoms with van der Waals surface area (Å²) < 4.78 is 0. The second-order valence-corrected chi connectivity index (χ2v) is 6.90. The Morgan fingerprint density at radius 1 is 1.41 bits per heavy atom. The number of aliphatic hydroxyl groups excluding tert-OH is 1. The normalized spacial score (nSPS) is 18.1. The second kappa shape index (κ2) is 7.27. The van der Waals surface area contributed by atoms with Gasteiger partial charge in [-0.05, 0) is 42.1 Å². The lowest BCUT2D eigenvalue weighted by Crippen LogP contribution is -2.35. The van der Waals surface area contributed by atoms with E-state index in [0.29, 0.717) is 18.9 Å². The molecule has 1 saturated heterocycles. The maximum Gasteiger partial charge on any atom is 0.220 e. The quantitative estimate of drug-likeness (QED) is 0.767. The molecule has 0 spiro atoms. The van der Waals surface area contributed by atoms with E-state index in [9.17, 15) is 4.79 Å². The fourth-order valence-electron chi connectivity index (χ4n) is 2.01. The van der Waals surface area contributed by atoms with Crippen LogP contribution >= 0.6 is 11.8 Å². The van der Waals surface area contributed by atoms with E-state index < -0.39 is 0 Å². The van der Waals surface area contributed by atoms with Gasteiger partial charge in [0.1, 0.15) is 0 Å². The van der Waals surface area contributed by atoms with Crippen molar-refractivity contribution in [2.24, 2.45) is 11.3 Å². The van der Waals surface area contributed by atoms with Crippen LogP contribution in [0.5, 0.6) is 0 Å². The number of hydrogen-bond acceptors (Lipinski definition) is 3. The second-order valence-electron chi connectivity index (χ2n) is 5.67. The Morgan fingerprint density at radius 2 is 2.06 bits per heavy atom. The highest BCUT2D eigenvalue weighted by Gasteiger charge is 2.20. The van der Waals surface area contributed by atoms with Gasteiger partial charge in [0.25, 0.3) is 0 Å². The molecular formula is C13H25NO2S. The summed E-state index contributed by atoms with van der Waals surface area (Å²) in [5.41, 5.74) is -0.00712. The van der Waals surface area contributed by atoms with Crippen LogP contribution in [-0.2, 0) is 4.79 Å². The predicted molar refractivity (Wildman–Crippen MR) is 73.2 cm³/mol. The lowest BCUT2D eigenvalue weighted by Gasteiger charge is -2.25. The van der Waals surface area contributed by atoms with Gasteiger partial charge in [-0.3, -0.25) is 4.79 Å². The van der Waals surface area contributed by atoms with Crippen molar-refractivity contribution < 1.29 is 9.90 Å². The van der Waals surface area contributed by atoms with Gasteiger partial charge in [-0.25, -0.2) is 0 Å². The van der Waals surface area contributed by atoms with Crippen LogP contribution in [0.2, 0.25) is 0 Å². The van der Waals surface area contributed by atoms with Crippen LogP contribution in [0.4, 0.5) is 0 Å². The lowest BCUT2D eigenvalue weighted by molar-refractivity contribution is -0.122. The van der Waals surface area contributed by atoms with Gasteiger partial charge < -0.3 is 10.4 Å². The average Bonchev–Trinajstić information content (AvgIpc) is 2.28. The molecule has 0 aromatic carbocycles. The van der Waals surface area contributed by atoms with Crippen molar-refractivity contribution >= 4 is 17.7 Å². The van der Waals surface area contributed by atoms with E-state index in [0.717, 1.165) is 6.42 Å². The number of aliphatic hydroxyl groups is 1. The maximum atomic E-state index is 11.8. The summed E-state index contributed by atoms with van der Waals surface area (Å²) in [7, 11) is 0. The Labute approximate surface area is 109 Å². The van der Waals surface area contributed by atoms with Crippen LogP contribution in [0.1, 0.15) is 39.5 Å². The highest BCUT2D eigenvalue weighted by molar-refractivity contribution is 7.99. The molecule has 1 amide bonds. The van der Waals surface area contributed by atoms with Crippen LogP contribution in [-0.4, -0.2) is 35.7 Å². The van der Waals surface area contributed by atoms with Gasteiger partial charge in [0.2, 0.25) is 5.91 Å². The number of amides is 1. The van der Waals surface area contributed by atoms with Crippen molar-refractivity contribution in [2.45, 2.75) is 39.5 Å². The smallest absolute Gasteiger partial charge is 0.220 e. The molecule has 0 atom stereocenters. The van der Waals surface area contributed by atoms with Gasteiger partial charge in [-0.1, -0.05) is 13.8 Å². The summed E-state index contributed by atoms with van der Waals surface area (Å²) in [4.78, 5) is 11.8. The molecule has 1 rings (SSSR count). The average molecular weight is 259 g/mol. The van der Waals surface area contributed by atoms with Crippen molar-refractivity contribution in [3.05, 3.63) is 0 Å². The van der Waals surface area contributed by atoms with E-state index in [1.807, 2.05) is 11.8 Å². The molecule has 0 aromatic heterocycles. The maximum absolute atomic E-state index is 11.8. The topological polar surface area (TPSA) is 49.3 Å². The third kappa shape index (κ3) is 6.32. The zero-order valence-corrected chi connectivity index (χ0v) is 11.8. The first-order valence-corrected chi connectivity index (χ1v) is 7.64. The third-order valence-corrected chi connectivity index (χ3v) is 4.42. The molecule has 1 aliphatic heterocycles. The van der Waals surface area contributed by atoms with Crippen molar-refractivity contribution in [1.82, 2.24) is 5.32 Å². The van der Waals surface area contributed by atoms with Gasteiger partial charge in [0, 0.05) is 19.6 Å². The van der Waals surface area contributed by atoms with E-state index >= 15 is 0 Å². The summed E-state index contributed by atoms with van der Waals surface area (Å²) in [5.74, 6) is 3.16. The first-order chi connectivity index (χ1) is 8.03. The monoisotopic (exact) mass is 259 g/mol. The first-order valence-electron chi connectivity index (χ1n) is 6.49. The minimum atomic E-state index is -0.00712. The van der Waals surface area contributed by atoms with Gasteiger partial charge in [0.05, 0.1) is 0 Å². The molecule has 1 heterocycles. The summed E-state index contributed by atoms with van der Waals surface area (Å²) in [6.07, 6.45) is 3.76. The fourth-order valence-corrected chi connectivity index (χ4v) is 3.22. The van der Waals surface area contributed by atoms with Crippen molar-refractivity contribution in [1.29, 1.82) is 0 Å². The van der Waals surface area contributed by atoms with Crippen LogP contribution in [0, 0.1) is 11.3 Å². The highest BCUT2D eigenvalue weighted by Crippen LogP contribution is 2.25. The van der Waals surface area contributed by atoms with E-state index in [-0.39, 0.29) is 17.9 Å². The summed E-state index contributed by atoms with van der Waals surface area (Å²) in [6.45, 7) is 4.98. The molecule has 0 unspecified atom stereocenters. The predicted octanol–water partition coefficient (Wildman–Crippen LogP) is 2.04. The molecule has 0 aliphatic carbocycles. The van der Waals surface area contributed by atoms with E-state index in [4.69, 9.17) is 5.11 Å². The molecule has 1 aliphatic rings. The molecule has 0 bridgehead atoms. The number of rotatable bonds is 6. The minimum Gasteiger partial charge on any atom is -0.396 e. The number of nitrogens with one attached hydrogen (secondary N) is 1. The van der Waals surface area contributed by atoms with Gasteiger partial charge >= 0.3 is 0 Å². The standard InChI is InChI=1S/C13H25NO2S/c1-13(2,5-6-15)10-14-12(16)9-11-3-7-17-8-4-11/h11,15H,3-10H2,1-2H3,(H,14,16). The summed E-state index contributed by atoms with van der Waals surface area (Å²) in [5, 5.41) is 11.9. The Bertz CT molecular complexity index is 238. The highest BCUT2D eigenvalue weighted by atomic mass is 32.2. The number of carbonyl (C=O) groups is 1. The molecule has 0 radical (unpaired) electrons. The zero-order valence-electron chi connectivity index (χ0n) is 11.0. The van der Waals surface area contributed by atoms with Gasteiger partial charge in [-0.15, -0.1) is 0 Å². The first kappa shape index (κ1) is 14.8. The minimum absolute atomic E-state index is 0.00712. The molecule has 1 fully saturated rings. The molecule has 0 saturated carbocycles. The number of hydrogen-bond donors (Lipinski definition) is 2. The van der Waals surface area contributed by atoms with Crippen molar-refractivity contribution in [3.8, 4) is 0 Å². The van der Waals surface area contributed by atoms with Crippen LogP contribution in [0.25, 0.3) is 0 Å². The Kier molecular flexibility index (Phi) is 6.34. The molecular weight excluding hydrogens is 234 g/mol. The molecule has 0 aromatic rings. The number of thioether (sulfide) groups is 1. The summed E-state index contributed by atoms with van der Waals surface area (Å²) >= 11 is 1.99. The zero-order chi connectivity index (χ0) is 12.7. The van der Waals surface area contributed by atoms with E-state index in [2.05, 4.69) is 19.2 Å². The summed E-state index contributed by atoms with van der Waals surface area (Å²) in [6, 6.07) is 0. The Hall–Kier alpha value is -0.220. The SMILES string of the molecule is CC(C)(CCO)CNC(=O)CC1CCSCC1. The number of carbonyl (C=O) groups excluding carboxylic acids is 1. The lowest BCUT2D eigenvalue weighted by atomic mass is 9.89. The largest absolute Gasteiger partial charge is 0.396 e. The molecule has 100 valence electrons. The molecule has 4 heteroatoms. The van der Waals surface area contributed by atoms with Crippen LogP contribution < -0.4 is 5.32 Å².